The number of hydrogen-bond donors (Lipinski definition) is 2. The van der Waals surface area contributed by atoms with Gasteiger partial charge >= 0.3 is 0 Å². The summed E-state index contributed by atoms with van der Waals surface area (Å²) in [5.41, 5.74) is 6.40. The number of anilines is 1. The fourth-order valence-electron chi connectivity index (χ4n) is 3.85. The molecule has 1 aliphatic rings. The summed E-state index contributed by atoms with van der Waals surface area (Å²) in [6, 6.07) is 12.8. The highest BCUT2D eigenvalue weighted by Gasteiger charge is 2.25. The van der Waals surface area contributed by atoms with Gasteiger partial charge in [-0.25, -0.2) is 4.98 Å². The topological polar surface area (TPSA) is 110 Å². The van der Waals surface area contributed by atoms with Crippen LogP contribution in [-0.2, 0) is 0 Å². The Morgan fingerprint density at radius 2 is 1.71 bits per heavy atom. The number of nitrogens with zero attached hydrogens (tertiary/aromatic N) is 4. The molecular formula is C27H24N6O2. The number of hydrogen-bond acceptors (Lipinski definition) is 6. The van der Waals surface area contributed by atoms with Crippen LogP contribution in [0.4, 0.5) is 5.69 Å². The zero-order valence-electron chi connectivity index (χ0n) is 19.4. The monoisotopic (exact) mass is 464 g/mol. The van der Waals surface area contributed by atoms with Gasteiger partial charge < -0.3 is 10.6 Å². The van der Waals surface area contributed by atoms with Gasteiger partial charge in [-0.3, -0.25) is 24.5 Å². The zero-order chi connectivity index (χ0) is 24.4. The molecule has 1 aliphatic carbocycles. The summed E-state index contributed by atoms with van der Waals surface area (Å²) in [6.07, 6.45) is 8.86. The lowest BCUT2D eigenvalue weighted by Gasteiger charge is -2.11. The second-order valence-corrected chi connectivity index (χ2v) is 8.53. The molecule has 0 aliphatic heterocycles. The standard InChI is InChI=1S/C27H24N6O2/c1-16-3-6-20(32-26(34)19-8-10-30-22(12-19)17-4-5-17)13-21(16)25-15-29-14-24(33-25)18-7-9-31-23(11-18)27(35)28-2/h3,6-15,17H,4-5H2,1-2H3,(H,28,35)(H,32,34). The lowest BCUT2D eigenvalue weighted by molar-refractivity contribution is 0.0957. The number of carbonyl (C=O) groups excluding carboxylic acids is 2. The molecule has 5 rings (SSSR count). The first-order valence-electron chi connectivity index (χ1n) is 11.4. The largest absolute Gasteiger partial charge is 0.354 e. The van der Waals surface area contributed by atoms with Crippen molar-refractivity contribution in [2.75, 3.05) is 12.4 Å². The normalized spacial score (nSPS) is 12.7. The molecule has 35 heavy (non-hydrogen) atoms. The van der Waals surface area contributed by atoms with E-state index in [1.165, 1.54) is 0 Å². The number of aryl methyl sites for hydroxylation is 1. The Kier molecular flexibility index (Phi) is 6.01. The van der Waals surface area contributed by atoms with E-state index >= 15 is 0 Å². The number of aromatic nitrogens is 4. The number of nitrogens with one attached hydrogen (secondary N) is 2. The lowest BCUT2D eigenvalue weighted by atomic mass is 10.0. The van der Waals surface area contributed by atoms with Crippen molar-refractivity contribution < 1.29 is 9.59 Å². The van der Waals surface area contributed by atoms with Gasteiger partial charge in [-0.05, 0) is 61.7 Å². The summed E-state index contributed by atoms with van der Waals surface area (Å²) in [5.74, 6) is 0.0311. The SMILES string of the molecule is CNC(=O)c1cc(-c2cncc(-c3cc(NC(=O)c4ccnc(C5CC5)c4)ccc3C)n2)ccn1. The number of pyridine rings is 2. The second-order valence-electron chi connectivity index (χ2n) is 8.53. The van der Waals surface area contributed by atoms with Crippen LogP contribution < -0.4 is 10.6 Å². The number of carbonyl (C=O) groups is 2. The number of rotatable bonds is 6. The van der Waals surface area contributed by atoms with Crippen molar-refractivity contribution in [2.24, 2.45) is 0 Å². The minimum atomic E-state index is -0.270. The molecule has 0 spiro atoms. The van der Waals surface area contributed by atoms with Crippen LogP contribution in [0.15, 0.2) is 67.3 Å². The van der Waals surface area contributed by atoms with Crippen molar-refractivity contribution >= 4 is 17.5 Å². The molecule has 3 heterocycles. The van der Waals surface area contributed by atoms with E-state index in [9.17, 15) is 9.59 Å². The van der Waals surface area contributed by atoms with Gasteiger partial charge in [0.1, 0.15) is 5.69 Å². The summed E-state index contributed by atoms with van der Waals surface area (Å²) in [4.78, 5) is 42.5. The fraction of sp³-hybridized carbons (Fsp3) is 0.185. The Balaban J connectivity index is 1.42. The van der Waals surface area contributed by atoms with Gasteiger partial charge in [-0.1, -0.05) is 6.07 Å². The van der Waals surface area contributed by atoms with E-state index in [-0.39, 0.29) is 11.8 Å². The Bertz CT molecular complexity index is 1430. The second kappa shape index (κ2) is 9.42. The molecule has 174 valence electrons. The Morgan fingerprint density at radius 1 is 0.914 bits per heavy atom. The van der Waals surface area contributed by atoms with E-state index in [0.717, 1.165) is 35.2 Å². The van der Waals surface area contributed by atoms with Crippen molar-refractivity contribution in [1.82, 2.24) is 25.3 Å². The van der Waals surface area contributed by atoms with E-state index in [1.807, 2.05) is 31.2 Å². The van der Waals surface area contributed by atoms with Gasteiger partial charge in [-0.15, -0.1) is 0 Å². The molecule has 1 fully saturated rings. The first-order chi connectivity index (χ1) is 17.0. The number of amides is 2. The highest BCUT2D eigenvalue weighted by Crippen LogP contribution is 2.39. The highest BCUT2D eigenvalue weighted by atomic mass is 16.2. The third-order valence-corrected chi connectivity index (χ3v) is 5.96. The van der Waals surface area contributed by atoms with Gasteiger partial charge in [0, 0.05) is 53.4 Å². The van der Waals surface area contributed by atoms with Crippen LogP contribution >= 0.6 is 0 Å². The van der Waals surface area contributed by atoms with Gasteiger partial charge in [0.2, 0.25) is 0 Å². The van der Waals surface area contributed by atoms with E-state index in [2.05, 4.69) is 25.6 Å². The minimum Gasteiger partial charge on any atom is -0.354 e. The Morgan fingerprint density at radius 3 is 2.51 bits per heavy atom. The van der Waals surface area contributed by atoms with E-state index in [4.69, 9.17) is 4.98 Å². The molecular weight excluding hydrogens is 440 g/mol. The summed E-state index contributed by atoms with van der Waals surface area (Å²) in [6.45, 7) is 1.98. The van der Waals surface area contributed by atoms with E-state index in [1.54, 1.807) is 50.0 Å². The molecule has 8 nitrogen and oxygen atoms in total. The van der Waals surface area contributed by atoms with Crippen molar-refractivity contribution in [3.05, 3.63) is 89.8 Å². The predicted molar refractivity (Wildman–Crippen MR) is 133 cm³/mol. The third kappa shape index (κ3) is 4.91. The Labute approximate surface area is 202 Å². The van der Waals surface area contributed by atoms with Crippen molar-refractivity contribution in [3.63, 3.8) is 0 Å². The van der Waals surface area contributed by atoms with Gasteiger partial charge in [0.25, 0.3) is 11.8 Å². The maximum absolute atomic E-state index is 12.9. The molecule has 2 amide bonds. The van der Waals surface area contributed by atoms with Gasteiger partial charge in [0.05, 0.1) is 23.8 Å². The van der Waals surface area contributed by atoms with Gasteiger partial charge in [0.15, 0.2) is 0 Å². The molecule has 0 saturated heterocycles. The maximum Gasteiger partial charge on any atom is 0.269 e. The van der Waals surface area contributed by atoms with Crippen LogP contribution in [0.2, 0.25) is 0 Å². The quantitative estimate of drug-likeness (QED) is 0.438. The van der Waals surface area contributed by atoms with Crippen LogP contribution in [0.3, 0.4) is 0 Å². The minimum absolute atomic E-state index is 0.178. The molecule has 2 N–H and O–H groups in total. The average Bonchev–Trinajstić information content (AvgIpc) is 3.75. The summed E-state index contributed by atoms with van der Waals surface area (Å²) < 4.78 is 0. The first-order valence-corrected chi connectivity index (χ1v) is 11.4. The smallest absolute Gasteiger partial charge is 0.269 e. The van der Waals surface area contributed by atoms with Crippen LogP contribution in [-0.4, -0.2) is 38.8 Å². The fourth-order valence-corrected chi connectivity index (χ4v) is 3.85. The van der Waals surface area contributed by atoms with Crippen molar-refractivity contribution in [2.45, 2.75) is 25.7 Å². The molecule has 0 bridgehead atoms. The average molecular weight is 465 g/mol. The molecule has 1 saturated carbocycles. The maximum atomic E-state index is 12.9. The van der Waals surface area contributed by atoms with E-state index in [0.29, 0.717) is 34.3 Å². The van der Waals surface area contributed by atoms with Crippen molar-refractivity contribution in [1.29, 1.82) is 0 Å². The van der Waals surface area contributed by atoms with Crippen LogP contribution in [0, 0.1) is 6.92 Å². The molecule has 3 aromatic heterocycles. The molecule has 1 aromatic carbocycles. The third-order valence-electron chi connectivity index (χ3n) is 5.96. The molecule has 4 aromatic rings. The molecule has 8 heteroatoms. The molecule has 0 radical (unpaired) electrons. The van der Waals surface area contributed by atoms with Crippen LogP contribution in [0.5, 0.6) is 0 Å². The molecule has 0 atom stereocenters. The van der Waals surface area contributed by atoms with Gasteiger partial charge in [-0.2, -0.15) is 0 Å². The lowest BCUT2D eigenvalue weighted by Crippen LogP contribution is -2.19. The molecule has 0 unspecified atom stereocenters. The zero-order valence-corrected chi connectivity index (χ0v) is 19.4. The van der Waals surface area contributed by atoms with Crippen LogP contribution in [0.25, 0.3) is 22.5 Å². The highest BCUT2D eigenvalue weighted by molar-refractivity contribution is 6.04. The summed E-state index contributed by atoms with van der Waals surface area (Å²) >= 11 is 0. The number of benzene rings is 1. The first kappa shape index (κ1) is 22.3. The van der Waals surface area contributed by atoms with Crippen molar-refractivity contribution in [3.8, 4) is 22.5 Å². The van der Waals surface area contributed by atoms with E-state index < -0.39 is 0 Å². The summed E-state index contributed by atoms with van der Waals surface area (Å²) in [7, 11) is 1.56. The summed E-state index contributed by atoms with van der Waals surface area (Å²) in [5, 5.41) is 5.56. The Hall–Kier alpha value is -4.46. The van der Waals surface area contributed by atoms with Crippen LogP contribution in [0.1, 0.15) is 50.9 Å². The predicted octanol–water partition coefficient (Wildman–Crippen LogP) is 4.40.